The molecule has 0 spiro atoms. The van der Waals surface area contributed by atoms with Crippen LogP contribution in [-0.4, -0.2) is 5.11 Å². The van der Waals surface area contributed by atoms with Gasteiger partial charge in [0.15, 0.2) is 0 Å². The lowest BCUT2D eigenvalue weighted by molar-refractivity contribution is 0.476. The number of phenols is 1. The standard InChI is InChI=1S/C18H24O/c1-12(2)9-14-5-6-15-11-16(19)7-8-17(15)18(14)10-13(3)4/h5-8,11-13,19H,9-10H2,1-4H3. The molecule has 2 rings (SSSR count). The van der Waals surface area contributed by atoms with Gasteiger partial charge in [-0.15, -0.1) is 0 Å². The fourth-order valence-electron chi connectivity index (χ4n) is 2.71. The van der Waals surface area contributed by atoms with Crippen molar-refractivity contribution in [3.63, 3.8) is 0 Å². The number of hydrogen-bond donors (Lipinski definition) is 1. The van der Waals surface area contributed by atoms with E-state index in [1.54, 1.807) is 6.07 Å². The lowest BCUT2D eigenvalue weighted by Crippen LogP contribution is -2.04. The summed E-state index contributed by atoms with van der Waals surface area (Å²) in [5.41, 5.74) is 2.92. The molecule has 102 valence electrons. The summed E-state index contributed by atoms with van der Waals surface area (Å²) in [6.07, 6.45) is 2.23. The van der Waals surface area contributed by atoms with Crippen LogP contribution in [0, 0.1) is 11.8 Å². The third kappa shape index (κ3) is 3.28. The fourth-order valence-corrected chi connectivity index (χ4v) is 2.71. The Bertz CT molecular complexity index is 567. The number of benzene rings is 2. The second kappa shape index (κ2) is 5.64. The lowest BCUT2D eigenvalue weighted by atomic mass is 9.89. The molecule has 0 fully saturated rings. The number of aromatic hydroxyl groups is 1. The van der Waals surface area contributed by atoms with Crippen molar-refractivity contribution < 1.29 is 5.11 Å². The highest BCUT2D eigenvalue weighted by atomic mass is 16.3. The Morgan fingerprint density at radius 3 is 2.21 bits per heavy atom. The van der Waals surface area contributed by atoms with E-state index in [-0.39, 0.29) is 0 Å². The van der Waals surface area contributed by atoms with Crippen LogP contribution in [-0.2, 0) is 12.8 Å². The molecule has 0 heterocycles. The van der Waals surface area contributed by atoms with E-state index in [9.17, 15) is 5.11 Å². The zero-order chi connectivity index (χ0) is 14.0. The van der Waals surface area contributed by atoms with Crippen LogP contribution in [0.2, 0.25) is 0 Å². The van der Waals surface area contributed by atoms with Crippen LogP contribution in [0.4, 0.5) is 0 Å². The van der Waals surface area contributed by atoms with Gasteiger partial charge in [-0.1, -0.05) is 45.9 Å². The summed E-state index contributed by atoms with van der Waals surface area (Å²) >= 11 is 0. The van der Waals surface area contributed by atoms with Gasteiger partial charge < -0.3 is 5.11 Å². The van der Waals surface area contributed by atoms with Gasteiger partial charge in [0.1, 0.15) is 5.75 Å². The zero-order valence-electron chi connectivity index (χ0n) is 12.4. The van der Waals surface area contributed by atoms with Crippen molar-refractivity contribution in [1.82, 2.24) is 0 Å². The minimum atomic E-state index is 0.347. The summed E-state index contributed by atoms with van der Waals surface area (Å²) < 4.78 is 0. The molecule has 0 aliphatic carbocycles. The average Bonchev–Trinajstić information content (AvgIpc) is 2.31. The van der Waals surface area contributed by atoms with Gasteiger partial charge in [0, 0.05) is 0 Å². The molecular weight excluding hydrogens is 232 g/mol. The van der Waals surface area contributed by atoms with E-state index in [1.165, 1.54) is 16.5 Å². The first kappa shape index (κ1) is 13.9. The first-order chi connectivity index (χ1) is 8.97. The van der Waals surface area contributed by atoms with Gasteiger partial charge in [0.25, 0.3) is 0 Å². The molecule has 0 atom stereocenters. The van der Waals surface area contributed by atoms with Gasteiger partial charge in [-0.05, 0) is 58.7 Å². The maximum absolute atomic E-state index is 9.62. The Morgan fingerprint density at radius 1 is 0.895 bits per heavy atom. The van der Waals surface area contributed by atoms with Crippen molar-refractivity contribution in [3.8, 4) is 5.75 Å². The van der Waals surface area contributed by atoms with E-state index in [0.717, 1.165) is 18.2 Å². The highest BCUT2D eigenvalue weighted by Crippen LogP contribution is 2.29. The van der Waals surface area contributed by atoms with Gasteiger partial charge in [-0.25, -0.2) is 0 Å². The van der Waals surface area contributed by atoms with Crippen LogP contribution < -0.4 is 0 Å². The molecule has 0 aliphatic rings. The molecule has 1 heteroatoms. The third-order valence-electron chi connectivity index (χ3n) is 3.45. The summed E-state index contributed by atoms with van der Waals surface area (Å²) in [6.45, 7) is 9.05. The Kier molecular flexibility index (Phi) is 4.14. The highest BCUT2D eigenvalue weighted by Gasteiger charge is 2.11. The molecule has 19 heavy (non-hydrogen) atoms. The van der Waals surface area contributed by atoms with Gasteiger partial charge in [0.05, 0.1) is 0 Å². The molecule has 0 saturated heterocycles. The van der Waals surface area contributed by atoms with E-state index in [1.807, 2.05) is 6.07 Å². The molecule has 0 radical (unpaired) electrons. The smallest absolute Gasteiger partial charge is 0.116 e. The zero-order valence-corrected chi connectivity index (χ0v) is 12.4. The Morgan fingerprint density at radius 2 is 1.58 bits per heavy atom. The van der Waals surface area contributed by atoms with Crippen LogP contribution in [0.3, 0.4) is 0 Å². The SMILES string of the molecule is CC(C)Cc1ccc2cc(O)ccc2c1CC(C)C. The van der Waals surface area contributed by atoms with E-state index < -0.39 is 0 Å². The lowest BCUT2D eigenvalue weighted by Gasteiger charge is -2.16. The van der Waals surface area contributed by atoms with Gasteiger partial charge in [0.2, 0.25) is 0 Å². The van der Waals surface area contributed by atoms with Crippen molar-refractivity contribution in [3.05, 3.63) is 41.5 Å². The van der Waals surface area contributed by atoms with Gasteiger partial charge >= 0.3 is 0 Å². The van der Waals surface area contributed by atoms with Crippen molar-refractivity contribution in [2.24, 2.45) is 11.8 Å². The second-order valence-corrected chi connectivity index (χ2v) is 6.30. The topological polar surface area (TPSA) is 20.2 Å². The van der Waals surface area contributed by atoms with Gasteiger partial charge in [-0.2, -0.15) is 0 Å². The van der Waals surface area contributed by atoms with Crippen LogP contribution in [0.5, 0.6) is 5.75 Å². The Labute approximate surface area is 116 Å². The first-order valence-electron chi connectivity index (χ1n) is 7.21. The molecule has 0 unspecified atom stereocenters. The normalized spacial score (nSPS) is 11.7. The fraction of sp³-hybridized carbons (Fsp3) is 0.444. The number of fused-ring (bicyclic) bond motifs is 1. The maximum atomic E-state index is 9.62. The van der Waals surface area contributed by atoms with Crippen LogP contribution in [0.25, 0.3) is 10.8 Å². The summed E-state index contributed by atoms with van der Waals surface area (Å²) in [6, 6.07) is 10.1. The largest absolute Gasteiger partial charge is 0.508 e. The number of hydrogen-bond acceptors (Lipinski definition) is 1. The molecule has 2 aromatic carbocycles. The van der Waals surface area contributed by atoms with Crippen molar-refractivity contribution in [1.29, 1.82) is 0 Å². The second-order valence-electron chi connectivity index (χ2n) is 6.30. The quantitative estimate of drug-likeness (QED) is 0.821. The molecule has 0 aromatic heterocycles. The van der Waals surface area contributed by atoms with Crippen LogP contribution in [0.15, 0.2) is 30.3 Å². The minimum absolute atomic E-state index is 0.347. The summed E-state index contributed by atoms with van der Waals surface area (Å²) in [5.74, 6) is 1.66. The molecular formula is C18H24O. The predicted octanol–water partition coefficient (Wildman–Crippen LogP) is 4.94. The monoisotopic (exact) mass is 256 g/mol. The summed E-state index contributed by atoms with van der Waals surface area (Å²) in [5, 5.41) is 12.1. The van der Waals surface area contributed by atoms with E-state index in [4.69, 9.17) is 0 Å². The Balaban J connectivity index is 2.58. The van der Waals surface area contributed by atoms with Crippen molar-refractivity contribution >= 4 is 10.8 Å². The molecule has 0 aliphatic heterocycles. The van der Waals surface area contributed by atoms with Crippen LogP contribution in [0.1, 0.15) is 38.8 Å². The molecule has 1 N–H and O–H groups in total. The minimum Gasteiger partial charge on any atom is -0.508 e. The Hall–Kier alpha value is -1.50. The van der Waals surface area contributed by atoms with Gasteiger partial charge in [-0.3, -0.25) is 0 Å². The number of rotatable bonds is 4. The highest BCUT2D eigenvalue weighted by molar-refractivity contribution is 5.88. The van der Waals surface area contributed by atoms with Crippen molar-refractivity contribution in [2.45, 2.75) is 40.5 Å². The first-order valence-corrected chi connectivity index (χ1v) is 7.21. The van der Waals surface area contributed by atoms with E-state index in [0.29, 0.717) is 17.6 Å². The summed E-state index contributed by atoms with van der Waals surface area (Å²) in [7, 11) is 0. The number of phenolic OH excluding ortho intramolecular Hbond substituents is 1. The predicted molar refractivity (Wildman–Crippen MR) is 82.7 cm³/mol. The molecule has 1 nitrogen and oxygen atoms in total. The third-order valence-corrected chi connectivity index (χ3v) is 3.45. The van der Waals surface area contributed by atoms with E-state index in [2.05, 4.69) is 45.9 Å². The average molecular weight is 256 g/mol. The van der Waals surface area contributed by atoms with Crippen molar-refractivity contribution in [2.75, 3.05) is 0 Å². The maximum Gasteiger partial charge on any atom is 0.116 e. The molecule has 0 saturated carbocycles. The molecule has 0 amide bonds. The van der Waals surface area contributed by atoms with Crippen LogP contribution >= 0.6 is 0 Å². The summed E-state index contributed by atoms with van der Waals surface area (Å²) in [4.78, 5) is 0. The molecule has 0 bridgehead atoms. The molecule has 2 aromatic rings. The van der Waals surface area contributed by atoms with E-state index >= 15 is 0 Å².